The molecule has 234 valence electrons. The molecule has 0 fully saturated rings. The van der Waals surface area contributed by atoms with Crippen LogP contribution in [0.4, 0.5) is 0 Å². The fourth-order valence-corrected chi connectivity index (χ4v) is 6.09. The SMILES string of the molecule is CCCCCCCCCCCCCC(=O)CN(C)CCCCCCCCCCC(CC)CCCCCCCC. The van der Waals surface area contributed by atoms with E-state index in [1.54, 1.807) is 0 Å². The number of likely N-dealkylation sites (N-methyl/N-ethyl adjacent to an activating group) is 1. The number of hydrogen-bond donors (Lipinski definition) is 0. The zero-order valence-corrected chi connectivity index (χ0v) is 27.9. The van der Waals surface area contributed by atoms with Crippen LogP contribution < -0.4 is 0 Å². The van der Waals surface area contributed by atoms with Crippen molar-refractivity contribution >= 4 is 5.78 Å². The molecule has 0 amide bonds. The van der Waals surface area contributed by atoms with Crippen molar-refractivity contribution in [1.29, 1.82) is 0 Å². The number of nitrogens with zero attached hydrogens (tertiary/aromatic N) is 1. The number of rotatable bonds is 33. The van der Waals surface area contributed by atoms with Crippen LogP contribution in [-0.4, -0.2) is 30.8 Å². The van der Waals surface area contributed by atoms with Crippen LogP contribution in [0.25, 0.3) is 0 Å². The predicted molar refractivity (Wildman–Crippen MR) is 177 cm³/mol. The van der Waals surface area contributed by atoms with Crippen LogP contribution in [0, 0.1) is 5.92 Å². The lowest BCUT2D eigenvalue weighted by atomic mass is 9.92. The summed E-state index contributed by atoms with van der Waals surface area (Å²) >= 11 is 0. The zero-order valence-electron chi connectivity index (χ0n) is 27.9. The second kappa shape index (κ2) is 32.1. The number of hydrogen-bond acceptors (Lipinski definition) is 2. The Balaban J connectivity index is 3.41. The summed E-state index contributed by atoms with van der Waals surface area (Å²) in [7, 11) is 2.13. The van der Waals surface area contributed by atoms with E-state index in [1.807, 2.05) is 0 Å². The molecule has 0 aromatic rings. The molecular formula is C37H75NO. The quantitative estimate of drug-likeness (QED) is 0.0758. The van der Waals surface area contributed by atoms with Crippen LogP contribution >= 0.6 is 0 Å². The van der Waals surface area contributed by atoms with Gasteiger partial charge in [0, 0.05) is 6.42 Å². The molecule has 0 aromatic carbocycles. The van der Waals surface area contributed by atoms with Gasteiger partial charge in [0.25, 0.3) is 0 Å². The first-order valence-corrected chi connectivity index (χ1v) is 18.3. The molecule has 0 saturated carbocycles. The minimum Gasteiger partial charge on any atom is -0.299 e. The second-order valence-electron chi connectivity index (χ2n) is 13.0. The molecule has 1 unspecified atom stereocenters. The van der Waals surface area contributed by atoms with E-state index in [4.69, 9.17) is 0 Å². The Labute approximate surface area is 248 Å². The van der Waals surface area contributed by atoms with E-state index in [0.717, 1.165) is 25.3 Å². The highest BCUT2D eigenvalue weighted by Gasteiger charge is 2.07. The largest absolute Gasteiger partial charge is 0.299 e. The number of unbranched alkanes of at least 4 members (excludes halogenated alkanes) is 22. The summed E-state index contributed by atoms with van der Waals surface area (Å²) < 4.78 is 0. The first-order valence-electron chi connectivity index (χ1n) is 18.3. The maximum atomic E-state index is 12.3. The third kappa shape index (κ3) is 30.4. The topological polar surface area (TPSA) is 20.3 Å². The van der Waals surface area contributed by atoms with E-state index in [2.05, 4.69) is 32.7 Å². The van der Waals surface area contributed by atoms with Crippen LogP contribution in [0.3, 0.4) is 0 Å². The Bertz CT molecular complexity index is 476. The molecule has 39 heavy (non-hydrogen) atoms. The van der Waals surface area contributed by atoms with Crippen molar-refractivity contribution in [3.05, 3.63) is 0 Å². The molecule has 0 spiro atoms. The van der Waals surface area contributed by atoms with Crippen LogP contribution in [0.2, 0.25) is 0 Å². The molecule has 1 atom stereocenters. The fraction of sp³-hybridized carbons (Fsp3) is 0.973. The third-order valence-corrected chi connectivity index (χ3v) is 8.95. The maximum absolute atomic E-state index is 12.3. The van der Waals surface area contributed by atoms with Crippen LogP contribution in [0.5, 0.6) is 0 Å². The lowest BCUT2D eigenvalue weighted by molar-refractivity contribution is -0.120. The minimum atomic E-state index is 0.450. The van der Waals surface area contributed by atoms with Crippen molar-refractivity contribution in [2.75, 3.05) is 20.1 Å². The first kappa shape index (κ1) is 38.6. The Kier molecular flexibility index (Phi) is 31.8. The summed E-state index contributed by atoms with van der Waals surface area (Å²) in [6.07, 6.45) is 39.6. The van der Waals surface area contributed by atoms with Gasteiger partial charge in [0.2, 0.25) is 0 Å². The van der Waals surface area contributed by atoms with Crippen molar-refractivity contribution in [2.45, 2.75) is 207 Å². The van der Waals surface area contributed by atoms with Gasteiger partial charge in [-0.25, -0.2) is 0 Å². The van der Waals surface area contributed by atoms with Crippen molar-refractivity contribution < 1.29 is 4.79 Å². The average Bonchev–Trinajstić information content (AvgIpc) is 2.93. The van der Waals surface area contributed by atoms with Crippen LogP contribution in [0.15, 0.2) is 0 Å². The van der Waals surface area contributed by atoms with E-state index in [0.29, 0.717) is 12.3 Å². The summed E-state index contributed by atoms with van der Waals surface area (Å²) in [5, 5.41) is 0. The van der Waals surface area contributed by atoms with E-state index in [1.165, 1.54) is 173 Å². The first-order chi connectivity index (χ1) is 19.1. The van der Waals surface area contributed by atoms with Crippen molar-refractivity contribution in [1.82, 2.24) is 4.90 Å². The Morgan fingerprint density at radius 1 is 0.487 bits per heavy atom. The Hall–Kier alpha value is -0.370. The zero-order chi connectivity index (χ0) is 28.7. The molecule has 0 rings (SSSR count). The molecule has 2 heteroatoms. The molecule has 0 aliphatic carbocycles. The van der Waals surface area contributed by atoms with Crippen molar-refractivity contribution in [3.63, 3.8) is 0 Å². The molecule has 0 heterocycles. The van der Waals surface area contributed by atoms with Crippen LogP contribution in [-0.2, 0) is 4.79 Å². The summed E-state index contributed by atoms with van der Waals surface area (Å²) in [6, 6.07) is 0. The van der Waals surface area contributed by atoms with E-state index in [-0.39, 0.29) is 0 Å². The molecular weight excluding hydrogens is 474 g/mol. The molecule has 0 radical (unpaired) electrons. The average molecular weight is 550 g/mol. The molecule has 2 nitrogen and oxygen atoms in total. The molecule has 0 saturated heterocycles. The van der Waals surface area contributed by atoms with Gasteiger partial charge in [0.15, 0.2) is 0 Å². The summed E-state index contributed by atoms with van der Waals surface area (Å²) in [5.74, 6) is 1.44. The van der Waals surface area contributed by atoms with Gasteiger partial charge in [-0.2, -0.15) is 0 Å². The summed E-state index contributed by atoms with van der Waals surface area (Å²) in [4.78, 5) is 14.6. The van der Waals surface area contributed by atoms with Crippen molar-refractivity contribution in [3.8, 4) is 0 Å². The highest BCUT2D eigenvalue weighted by atomic mass is 16.1. The maximum Gasteiger partial charge on any atom is 0.146 e. The third-order valence-electron chi connectivity index (χ3n) is 8.95. The van der Waals surface area contributed by atoms with Gasteiger partial charge in [-0.15, -0.1) is 0 Å². The number of carbonyl (C=O) groups excluding carboxylic acids is 1. The molecule has 0 aliphatic heterocycles. The van der Waals surface area contributed by atoms with E-state index < -0.39 is 0 Å². The Morgan fingerprint density at radius 2 is 0.846 bits per heavy atom. The van der Waals surface area contributed by atoms with Crippen LogP contribution in [0.1, 0.15) is 207 Å². The van der Waals surface area contributed by atoms with Crippen molar-refractivity contribution in [2.24, 2.45) is 5.92 Å². The van der Waals surface area contributed by atoms with E-state index >= 15 is 0 Å². The second-order valence-corrected chi connectivity index (χ2v) is 13.0. The fourth-order valence-electron chi connectivity index (χ4n) is 6.09. The van der Waals surface area contributed by atoms with E-state index in [9.17, 15) is 4.79 Å². The lowest BCUT2D eigenvalue weighted by Gasteiger charge is -2.15. The minimum absolute atomic E-state index is 0.450. The number of carbonyl (C=O) groups is 1. The van der Waals surface area contributed by atoms with Gasteiger partial charge in [0.05, 0.1) is 6.54 Å². The number of Topliss-reactive ketones (excluding diaryl/α,β-unsaturated/α-hetero) is 1. The lowest BCUT2D eigenvalue weighted by Crippen LogP contribution is -2.26. The standard InChI is InChI=1S/C37H75NO/c1-5-8-10-12-14-15-16-17-21-25-29-33-37(39)35-38(4)34-30-26-22-19-18-20-24-28-32-36(7-3)31-27-23-13-11-9-6-2/h36H,5-35H2,1-4H3. The normalized spacial score (nSPS) is 12.4. The summed E-state index contributed by atoms with van der Waals surface area (Å²) in [6.45, 7) is 8.73. The molecule has 0 aliphatic rings. The molecule has 0 bridgehead atoms. The molecule has 0 N–H and O–H groups in total. The highest BCUT2D eigenvalue weighted by molar-refractivity contribution is 5.80. The van der Waals surface area contributed by atoms with Gasteiger partial charge in [-0.1, -0.05) is 188 Å². The predicted octanol–water partition coefficient (Wildman–Crippen LogP) is 12.5. The van der Waals surface area contributed by atoms with Gasteiger partial charge < -0.3 is 0 Å². The monoisotopic (exact) mass is 550 g/mol. The van der Waals surface area contributed by atoms with Gasteiger partial charge in [-0.05, 0) is 32.4 Å². The van der Waals surface area contributed by atoms with Gasteiger partial charge in [-0.3, -0.25) is 9.69 Å². The van der Waals surface area contributed by atoms with Gasteiger partial charge in [0.1, 0.15) is 5.78 Å². The smallest absolute Gasteiger partial charge is 0.146 e. The molecule has 0 aromatic heterocycles. The van der Waals surface area contributed by atoms with Gasteiger partial charge >= 0.3 is 0 Å². The Morgan fingerprint density at radius 3 is 1.26 bits per heavy atom. The summed E-state index contributed by atoms with van der Waals surface area (Å²) in [5.41, 5.74) is 0. The number of ketones is 1. The highest BCUT2D eigenvalue weighted by Crippen LogP contribution is 2.22.